The van der Waals surface area contributed by atoms with Crippen molar-refractivity contribution in [2.75, 3.05) is 11.9 Å². The third-order valence-electron chi connectivity index (χ3n) is 2.87. The first-order valence-electron chi connectivity index (χ1n) is 6.47. The molecular weight excluding hydrogens is 280 g/mol. The molecule has 0 saturated heterocycles. The summed E-state index contributed by atoms with van der Waals surface area (Å²) in [7, 11) is 0. The number of amides is 2. The monoisotopic (exact) mass is 298 g/mol. The van der Waals surface area contributed by atoms with E-state index in [0.29, 0.717) is 23.6 Å². The Kier molecular flexibility index (Phi) is 6.48. The average molecular weight is 299 g/mol. The SMILES string of the molecule is CCC(O)CCNC(=O)C(=O)Nc1ccc(C)c(Cl)c1. The van der Waals surface area contributed by atoms with Crippen molar-refractivity contribution in [1.82, 2.24) is 5.32 Å². The number of aliphatic hydroxyl groups is 1. The maximum Gasteiger partial charge on any atom is 0.313 e. The fourth-order valence-electron chi connectivity index (χ4n) is 1.50. The fourth-order valence-corrected chi connectivity index (χ4v) is 1.68. The minimum Gasteiger partial charge on any atom is -0.393 e. The summed E-state index contributed by atoms with van der Waals surface area (Å²) in [6.07, 6.45) is 0.574. The molecule has 0 aliphatic heterocycles. The summed E-state index contributed by atoms with van der Waals surface area (Å²) < 4.78 is 0. The van der Waals surface area contributed by atoms with E-state index in [1.165, 1.54) is 0 Å². The van der Waals surface area contributed by atoms with Crippen molar-refractivity contribution in [2.24, 2.45) is 0 Å². The van der Waals surface area contributed by atoms with Gasteiger partial charge in [-0.05, 0) is 37.5 Å². The molecular formula is C14H19ClN2O3. The van der Waals surface area contributed by atoms with Crippen LogP contribution in [-0.4, -0.2) is 29.6 Å². The Labute approximate surface area is 123 Å². The van der Waals surface area contributed by atoms with E-state index in [9.17, 15) is 14.7 Å². The first-order chi connectivity index (χ1) is 9.43. The first-order valence-corrected chi connectivity index (χ1v) is 6.85. The topological polar surface area (TPSA) is 78.4 Å². The van der Waals surface area contributed by atoms with Crippen LogP contribution in [0.2, 0.25) is 5.02 Å². The molecule has 3 N–H and O–H groups in total. The predicted molar refractivity (Wildman–Crippen MR) is 78.7 cm³/mol. The quantitative estimate of drug-likeness (QED) is 0.726. The summed E-state index contributed by atoms with van der Waals surface area (Å²) in [6.45, 7) is 3.95. The van der Waals surface area contributed by atoms with Crippen LogP contribution in [0.4, 0.5) is 5.69 Å². The predicted octanol–water partition coefficient (Wildman–Crippen LogP) is 1.86. The van der Waals surface area contributed by atoms with Crippen molar-refractivity contribution in [1.29, 1.82) is 0 Å². The molecule has 0 radical (unpaired) electrons. The lowest BCUT2D eigenvalue weighted by atomic mass is 10.2. The third-order valence-corrected chi connectivity index (χ3v) is 3.28. The Morgan fingerprint density at radius 3 is 2.65 bits per heavy atom. The van der Waals surface area contributed by atoms with E-state index in [1.807, 2.05) is 13.8 Å². The molecule has 0 fully saturated rings. The van der Waals surface area contributed by atoms with Gasteiger partial charge in [-0.3, -0.25) is 9.59 Å². The van der Waals surface area contributed by atoms with E-state index < -0.39 is 17.9 Å². The lowest BCUT2D eigenvalue weighted by Gasteiger charge is -2.09. The lowest BCUT2D eigenvalue weighted by molar-refractivity contribution is -0.136. The molecule has 0 heterocycles. The van der Waals surface area contributed by atoms with Gasteiger partial charge in [0.2, 0.25) is 0 Å². The van der Waals surface area contributed by atoms with Crippen LogP contribution < -0.4 is 10.6 Å². The summed E-state index contributed by atoms with van der Waals surface area (Å²) in [4.78, 5) is 23.2. The molecule has 0 saturated carbocycles. The first kappa shape index (κ1) is 16.5. The summed E-state index contributed by atoms with van der Waals surface area (Å²) in [5, 5.41) is 14.8. The highest BCUT2D eigenvalue weighted by Crippen LogP contribution is 2.19. The van der Waals surface area contributed by atoms with Gasteiger partial charge < -0.3 is 15.7 Å². The maximum atomic E-state index is 11.6. The second-order valence-corrected chi connectivity index (χ2v) is 4.93. The molecule has 1 atom stereocenters. The molecule has 1 aromatic rings. The highest BCUT2D eigenvalue weighted by atomic mass is 35.5. The Hall–Kier alpha value is -1.59. The molecule has 0 aliphatic rings. The van der Waals surface area contributed by atoms with E-state index in [-0.39, 0.29) is 6.54 Å². The number of hydrogen-bond donors (Lipinski definition) is 3. The van der Waals surface area contributed by atoms with Gasteiger partial charge in [0.1, 0.15) is 0 Å². The van der Waals surface area contributed by atoms with Crippen LogP contribution in [0.25, 0.3) is 0 Å². The Morgan fingerprint density at radius 2 is 2.05 bits per heavy atom. The number of aryl methyl sites for hydroxylation is 1. The van der Waals surface area contributed by atoms with Crippen molar-refractivity contribution in [2.45, 2.75) is 32.8 Å². The highest BCUT2D eigenvalue weighted by Gasteiger charge is 2.14. The van der Waals surface area contributed by atoms with E-state index in [0.717, 1.165) is 5.56 Å². The number of anilines is 1. The Bertz CT molecular complexity index is 491. The standard InChI is InChI=1S/C14H19ClN2O3/c1-3-11(18)6-7-16-13(19)14(20)17-10-5-4-9(2)12(15)8-10/h4-5,8,11,18H,3,6-7H2,1-2H3,(H,16,19)(H,17,20). The summed E-state index contributed by atoms with van der Waals surface area (Å²) in [5.41, 5.74) is 1.36. The average Bonchev–Trinajstić information content (AvgIpc) is 2.42. The van der Waals surface area contributed by atoms with Gasteiger partial charge >= 0.3 is 11.8 Å². The number of carbonyl (C=O) groups is 2. The fraction of sp³-hybridized carbons (Fsp3) is 0.429. The van der Waals surface area contributed by atoms with Crippen LogP contribution >= 0.6 is 11.6 Å². The van der Waals surface area contributed by atoms with Crippen LogP contribution in [0.5, 0.6) is 0 Å². The largest absolute Gasteiger partial charge is 0.393 e. The Balaban J connectivity index is 2.45. The van der Waals surface area contributed by atoms with E-state index >= 15 is 0 Å². The summed E-state index contributed by atoms with van der Waals surface area (Å²) >= 11 is 5.93. The molecule has 5 nitrogen and oxygen atoms in total. The molecule has 20 heavy (non-hydrogen) atoms. The zero-order valence-electron chi connectivity index (χ0n) is 11.6. The molecule has 0 spiro atoms. The second-order valence-electron chi connectivity index (χ2n) is 4.52. The van der Waals surface area contributed by atoms with Gasteiger partial charge in [-0.1, -0.05) is 24.6 Å². The van der Waals surface area contributed by atoms with Crippen LogP contribution in [0.3, 0.4) is 0 Å². The van der Waals surface area contributed by atoms with Gasteiger partial charge in [0.25, 0.3) is 0 Å². The van der Waals surface area contributed by atoms with Crippen LogP contribution in [0.15, 0.2) is 18.2 Å². The maximum absolute atomic E-state index is 11.6. The number of nitrogens with one attached hydrogen (secondary N) is 2. The number of aliphatic hydroxyl groups excluding tert-OH is 1. The van der Waals surface area contributed by atoms with Gasteiger partial charge in [0.15, 0.2) is 0 Å². The van der Waals surface area contributed by atoms with E-state index in [1.54, 1.807) is 18.2 Å². The van der Waals surface area contributed by atoms with Gasteiger partial charge in [-0.15, -0.1) is 0 Å². The normalized spacial score (nSPS) is 11.8. The van der Waals surface area contributed by atoms with Crippen LogP contribution in [0.1, 0.15) is 25.3 Å². The van der Waals surface area contributed by atoms with Crippen molar-refractivity contribution >= 4 is 29.1 Å². The Morgan fingerprint density at radius 1 is 1.35 bits per heavy atom. The summed E-state index contributed by atoms with van der Waals surface area (Å²) in [5.74, 6) is -1.49. The summed E-state index contributed by atoms with van der Waals surface area (Å²) in [6, 6.07) is 5.02. The van der Waals surface area contributed by atoms with E-state index in [4.69, 9.17) is 11.6 Å². The second kappa shape index (κ2) is 7.87. The molecule has 1 unspecified atom stereocenters. The number of hydrogen-bond acceptors (Lipinski definition) is 3. The highest BCUT2D eigenvalue weighted by molar-refractivity contribution is 6.39. The zero-order chi connectivity index (χ0) is 15.1. The molecule has 0 aliphatic carbocycles. The number of rotatable bonds is 5. The lowest BCUT2D eigenvalue weighted by Crippen LogP contribution is -2.36. The number of carbonyl (C=O) groups excluding carboxylic acids is 2. The molecule has 0 aromatic heterocycles. The minimum atomic E-state index is -0.754. The molecule has 1 aromatic carbocycles. The zero-order valence-corrected chi connectivity index (χ0v) is 12.3. The molecule has 110 valence electrons. The van der Waals surface area contributed by atoms with Gasteiger partial charge in [-0.2, -0.15) is 0 Å². The number of halogens is 1. The van der Waals surface area contributed by atoms with Gasteiger partial charge in [0.05, 0.1) is 6.10 Å². The molecule has 1 rings (SSSR count). The smallest absolute Gasteiger partial charge is 0.313 e. The van der Waals surface area contributed by atoms with Gasteiger partial charge in [-0.25, -0.2) is 0 Å². The number of benzene rings is 1. The molecule has 6 heteroatoms. The third kappa shape index (κ3) is 5.19. The molecule has 2 amide bonds. The van der Waals surface area contributed by atoms with Crippen molar-refractivity contribution in [3.05, 3.63) is 28.8 Å². The minimum absolute atomic E-state index is 0.260. The van der Waals surface area contributed by atoms with Crippen molar-refractivity contribution in [3.63, 3.8) is 0 Å². The molecule has 0 bridgehead atoms. The van der Waals surface area contributed by atoms with Crippen molar-refractivity contribution < 1.29 is 14.7 Å². The van der Waals surface area contributed by atoms with E-state index in [2.05, 4.69) is 10.6 Å². The van der Waals surface area contributed by atoms with Crippen LogP contribution in [-0.2, 0) is 9.59 Å². The van der Waals surface area contributed by atoms with Crippen LogP contribution in [0, 0.1) is 6.92 Å². The van der Waals surface area contributed by atoms with Gasteiger partial charge in [0, 0.05) is 17.3 Å². The van der Waals surface area contributed by atoms with Crippen molar-refractivity contribution in [3.8, 4) is 0 Å².